The molecule has 0 aromatic heterocycles. The Morgan fingerprint density at radius 2 is 1.70 bits per heavy atom. The summed E-state index contributed by atoms with van der Waals surface area (Å²) >= 11 is 0. The minimum Gasteiger partial charge on any atom is -0.497 e. The standard InChI is InChI=1S/C25H24F3N3O5S/c1-17-8-11-20(12-9-17)37(33,34)31(22-14-19(35-2)10-13-23(22)36-3)16-24(32)30-29-15-18-6-4-5-7-21(18)25(26,27)28/h4-15H,16H2,1-3H3,(H,30,32)/b29-15-. The number of rotatable bonds is 9. The molecule has 0 saturated carbocycles. The van der Waals surface area contributed by atoms with Gasteiger partial charge in [-0.15, -0.1) is 0 Å². The van der Waals surface area contributed by atoms with Crippen molar-refractivity contribution in [2.24, 2.45) is 5.10 Å². The monoisotopic (exact) mass is 535 g/mol. The Morgan fingerprint density at radius 3 is 2.32 bits per heavy atom. The van der Waals surface area contributed by atoms with Crippen LogP contribution in [0.15, 0.2) is 76.7 Å². The third-order valence-electron chi connectivity index (χ3n) is 5.21. The minimum atomic E-state index is -4.62. The number of alkyl halides is 3. The van der Waals surface area contributed by atoms with E-state index >= 15 is 0 Å². The Kier molecular flexibility index (Phi) is 8.43. The van der Waals surface area contributed by atoms with Crippen molar-refractivity contribution in [1.82, 2.24) is 5.43 Å². The number of ether oxygens (including phenoxy) is 2. The van der Waals surface area contributed by atoms with Crippen LogP contribution in [0, 0.1) is 6.92 Å². The van der Waals surface area contributed by atoms with Crippen LogP contribution in [0.2, 0.25) is 0 Å². The van der Waals surface area contributed by atoms with E-state index in [1.165, 1.54) is 56.7 Å². The summed E-state index contributed by atoms with van der Waals surface area (Å²) in [6.45, 7) is 1.04. The number of halogens is 3. The van der Waals surface area contributed by atoms with Crippen molar-refractivity contribution in [3.8, 4) is 11.5 Å². The third kappa shape index (κ3) is 6.58. The number of hydrogen-bond donors (Lipinski definition) is 1. The third-order valence-corrected chi connectivity index (χ3v) is 6.98. The Bertz CT molecular complexity index is 1390. The minimum absolute atomic E-state index is 0.0176. The first-order valence-electron chi connectivity index (χ1n) is 10.8. The van der Waals surface area contributed by atoms with Gasteiger partial charge in [0.1, 0.15) is 18.0 Å². The van der Waals surface area contributed by atoms with E-state index in [9.17, 15) is 26.4 Å². The number of nitrogens with zero attached hydrogens (tertiary/aromatic N) is 2. The molecular weight excluding hydrogens is 511 g/mol. The zero-order valence-corrected chi connectivity index (χ0v) is 20.9. The molecule has 0 aliphatic heterocycles. The number of hydrazone groups is 1. The second-order valence-corrected chi connectivity index (χ2v) is 9.60. The molecule has 37 heavy (non-hydrogen) atoms. The van der Waals surface area contributed by atoms with Crippen molar-refractivity contribution < 1.29 is 35.9 Å². The van der Waals surface area contributed by atoms with Gasteiger partial charge in [-0.05, 0) is 37.3 Å². The topological polar surface area (TPSA) is 97.3 Å². The van der Waals surface area contributed by atoms with Crippen molar-refractivity contribution in [2.45, 2.75) is 18.0 Å². The number of amides is 1. The highest BCUT2D eigenvalue weighted by atomic mass is 32.2. The van der Waals surface area contributed by atoms with Crippen LogP contribution >= 0.6 is 0 Å². The van der Waals surface area contributed by atoms with Crippen molar-refractivity contribution >= 4 is 27.8 Å². The highest BCUT2D eigenvalue weighted by Crippen LogP contribution is 2.35. The second kappa shape index (κ2) is 11.3. The van der Waals surface area contributed by atoms with E-state index in [2.05, 4.69) is 10.5 Å². The predicted molar refractivity (Wildman–Crippen MR) is 132 cm³/mol. The van der Waals surface area contributed by atoms with Crippen LogP contribution in [0.5, 0.6) is 11.5 Å². The Hall–Kier alpha value is -4.06. The molecule has 3 aromatic rings. The molecule has 1 N–H and O–H groups in total. The van der Waals surface area contributed by atoms with E-state index in [1.807, 2.05) is 0 Å². The first-order valence-corrected chi connectivity index (χ1v) is 12.2. The first kappa shape index (κ1) is 27.5. The van der Waals surface area contributed by atoms with Crippen LogP contribution in [0.1, 0.15) is 16.7 Å². The molecule has 0 heterocycles. The summed E-state index contributed by atoms with van der Waals surface area (Å²) in [6, 6.07) is 15.1. The first-order chi connectivity index (χ1) is 17.5. The Morgan fingerprint density at radius 1 is 1.03 bits per heavy atom. The molecule has 0 atom stereocenters. The van der Waals surface area contributed by atoms with Gasteiger partial charge in [-0.25, -0.2) is 13.8 Å². The summed E-state index contributed by atoms with van der Waals surface area (Å²) in [6.07, 6.45) is -3.78. The van der Waals surface area contributed by atoms with Gasteiger partial charge < -0.3 is 9.47 Å². The van der Waals surface area contributed by atoms with Crippen LogP contribution in [0.25, 0.3) is 0 Å². The van der Waals surface area contributed by atoms with Gasteiger partial charge in [-0.2, -0.15) is 18.3 Å². The Balaban J connectivity index is 1.95. The van der Waals surface area contributed by atoms with E-state index in [0.717, 1.165) is 22.1 Å². The highest BCUT2D eigenvalue weighted by molar-refractivity contribution is 7.92. The quantitative estimate of drug-likeness (QED) is 0.324. The van der Waals surface area contributed by atoms with Crippen molar-refractivity contribution in [1.29, 1.82) is 0 Å². The van der Waals surface area contributed by atoms with Crippen LogP contribution in [-0.2, 0) is 21.0 Å². The lowest BCUT2D eigenvalue weighted by Gasteiger charge is -2.25. The lowest BCUT2D eigenvalue weighted by atomic mass is 10.1. The summed E-state index contributed by atoms with van der Waals surface area (Å²) in [5, 5.41) is 3.60. The lowest BCUT2D eigenvalue weighted by Crippen LogP contribution is -2.39. The molecule has 0 saturated heterocycles. The van der Waals surface area contributed by atoms with Crippen molar-refractivity contribution in [3.05, 3.63) is 83.4 Å². The second-order valence-electron chi connectivity index (χ2n) is 7.74. The molecule has 0 aliphatic rings. The molecule has 0 aliphatic carbocycles. The molecule has 3 rings (SSSR count). The number of sulfonamides is 1. The number of carbonyl (C=O) groups is 1. The largest absolute Gasteiger partial charge is 0.497 e. The van der Waals surface area contributed by atoms with Gasteiger partial charge in [0.05, 0.1) is 36.6 Å². The van der Waals surface area contributed by atoms with E-state index in [-0.39, 0.29) is 21.9 Å². The van der Waals surface area contributed by atoms with Crippen LogP contribution < -0.4 is 19.2 Å². The lowest BCUT2D eigenvalue weighted by molar-refractivity contribution is -0.137. The SMILES string of the molecule is COc1ccc(OC)c(N(CC(=O)N/N=C\c2ccccc2C(F)(F)F)S(=O)(=O)c2ccc(C)cc2)c1. The van der Waals surface area contributed by atoms with Crippen LogP contribution in [-0.4, -0.2) is 41.3 Å². The molecule has 8 nitrogen and oxygen atoms in total. The number of methoxy groups -OCH3 is 2. The Labute approximate surface area is 212 Å². The molecule has 3 aromatic carbocycles. The van der Waals surface area contributed by atoms with E-state index in [4.69, 9.17) is 9.47 Å². The summed E-state index contributed by atoms with van der Waals surface area (Å²) in [5.41, 5.74) is 1.74. The van der Waals surface area contributed by atoms with E-state index in [1.54, 1.807) is 25.1 Å². The number of carbonyl (C=O) groups excluding carboxylic acids is 1. The fraction of sp³-hybridized carbons (Fsp3) is 0.200. The smallest absolute Gasteiger partial charge is 0.417 e. The molecule has 0 bridgehead atoms. The fourth-order valence-electron chi connectivity index (χ4n) is 3.34. The van der Waals surface area contributed by atoms with E-state index in [0.29, 0.717) is 5.75 Å². The molecule has 0 fully saturated rings. The zero-order valence-electron chi connectivity index (χ0n) is 20.1. The molecule has 1 amide bonds. The van der Waals surface area contributed by atoms with Crippen molar-refractivity contribution in [3.63, 3.8) is 0 Å². The molecule has 0 spiro atoms. The predicted octanol–water partition coefficient (Wildman–Crippen LogP) is 4.38. The van der Waals surface area contributed by atoms with Gasteiger partial charge in [-0.3, -0.25) is 9.10 Å². The fourth-order valence-corrected chi connectivity index (χ4v) is 4.76. The summed E-state index contributed by atoms with van der Waals surface area (Å²) in [4.78, 5) is 12.7. The number of aryl methyl sites for hydroxylation is 1. The van der Waals surface area contributed by atoms with Gasteiger partial charge in [0.25, 0.3) is 15.9 Å². The molecular formula is C25H24F3N3O5S. The summed E-state index contributed by atoms with van der Waals surface area (Å²) < 4.78 is 78.1. The number of nitrogens with one attached hydrogen (secondary N) is 1. The normalized spacial score (nSPS) is 11.8. The number of hydrogen-bond acceptors (Lipinski definition) is 6. The van der Waals surface area contributed by atoms with Crippen LogP contribution in [0.3, 0.4) is 0 Å². The molecule has 196 valence electrons. The van der Waals surface area contributed by atoms with Crippen LogP contribution in [0.4, 0.5) is 18.9 Å². The molecule has 12 heteroatoms. The molecule has 0 unspecified atom stereocenters. The van der Waals surface area contributed by atoms with E-state index < -0.39 is 34.2 Å². The maximum atomic E-state index is 13.6. The summed E-state index contributed by atoms with van der Waals surface area (Å²) in [7, 11) is -1.56. The highest BCUT2D eigenvalue weighted by Gasteiger charge is 2.33. The average molecular weight is 536 g/mol. The number of benzene rings is 3. The number of anilines is 1. The average Bonchev–Trinajstić information content (AvgIpc) is 2.86. The molecule has 0 radical (unpaired) electrons. The van der Waals surface area contributed by atoms with Gasteiger partial charge in [0.2, 0.25) is 0 Å². The van der Waals surface area contributed by atoms with Gasteiger partial charge in [0.15, 0.2) is 0 Å². The maximum Gasteiger partial charge on any atom is 0.417 e. The van der Waals surface area contributed by atoms with Gasteiger partial charge in [-0.1, -0.05) is 35.9 Å². The maximum absolute atomic E-state index is 13.6. The van der Waals surface area contributed by atoms with Crippen molar-refractivity contribution in [2.75, 3.05) is 25.1 Å². The van der Waals surface area contributed by atoms with Gasteiger partial charge in [0, 0.05) is 11.6 Å². The summed E-state index contributed by atoms with van der Waals surface area (Å²) in [5.74, 6) is -0.449. The van der Waals surface area contributed by atoms with Gasteiger partial charge >= 0.3 is 6.18 Å². The zero-order chi connectivity index (χ0) is 27.2.